The highest BCUT2D eigenvalue weighted by Crippen LogP contribution is 2.26. The van der Waals surface area contributed by atoms with E-state index in [4.69, 9.17) is 0 Å². The number of hydrogen-bond donors (Lipinski definition) is 1. The average molecular weight is 219 g/mol. The maximum Gasteiger partial charge on any atom is 0.115 e. The number of rotatable bonds is 3. The molecule has 1 atom stereocenters. The molecular formula is C11H13N3S. The zero-order chi connectivity index (χ0) is 10.7. The second-order valence-corrected chi connectivity index (χ2v) is 4.41. The first-order chi connectivity index (χ1) is 7.27. The Hall–Kier alpha value is -1.42. The minimum atomic E-state index is 0.302. The molecule has 15 heavy (non-hydrogen) atoms. The summed E-state index contributed by atoms with van der Waals surface area (Å²) in [7, 11) is 0. The summed E-state index contributed by atoms with van der Waals surface area (Å²) in [5, 5.41) is 5.49. The maximum atomic E-state index is 3.97. The zero-order valence-electron chi connectivity index (χ0n) is 8.77. The van der Waals surface area contributed by atoms with Gasteiger partial charge in [0.2, 0.25) is 0 Å². The first-order valence-corrected chi connectivity index (χ1v) is 5.71. The molecule has 0 spiro atoms. The zero-order valence-corrected chi connectivity index (χ0v) is 9.58. The van der Waals surface area contributed by atoms with Crippen LogP contribution in [-0.2, 0) is 0 Å². The molecule has 0 saturated heterocycles. The van der Waals surface area contributed by atoms with E-state index in [0.29, 0.717) is 6.04 Å². The molecule has 0 saturated carbocycles. The molecule has 2 rings (SSSR count). The lowest BCUT2D eigenvalue weighted by molar-refractivity contribution is 0.893. The molecule has 2 aromatic heterocycles. The highest BCUT2D eigenvalue weighted by atomic mass is 32.1. The number of aryl methyl sites for hydroxylation is 1. The van der Waals surface area contributed by atoms with E-state index in [0.717, 1.165) is 5.69 Å². The van der Waals surface area contributed by atoms with Crippen molar-refractivity contribution in [2.75, 3.05) is 5.32 Å². The second kappa shape index (κ2) is 4.40. The Balaban J connectivity index is 2.11. The van der Waals surface area contributed by atoms with Crippen LogP contribution in [0.3, 0.4) is 0 Å². The van der Waals surface area contributed by atoms with Crippen molar-refractivity contribution in [1.82, 2.24) is 9.97 Å². The minimum Gasteiger partial charge on any atom is -0.375 e. The molecule has 0 aliphatic heterocycles. The second-order valence-electron chi connectivity index (χ2n) is 3.46. The summed E-state index contributed by atoms with van der Waals surface area (Å²) in [5.74, 6) is 0. The maximum absolute atomic E-state index is 3.97. The Morgan fingerprint density at radius 3 is 2.67 bits per heavy atom. The monoisotopic (exact) mass is 219 g/mol. The Morgan fingerprint density at radius 2 is 2.07 bits per heavy atom. The summed E-state index contributed by atoms with van der Waals surface area (Å²) < 4.78 is 0. The van der Waals surface area contributed by atoms with E-state index in [1.54, 1.807) is 23.7 Å². The molecule has 0 aliphatic rings. The van der Waals surface area contributed by atoms with Crippen LogP contribution < -0.4 is 5.32 Å². The van der Waals surface area contributed by atoms with Crippen molar-refractivity contribution in [2.45, 2.75) is 19.9 Å². The Bertz CT molecular complexity index is 424. The average Bonchev–Trinajstić information content (AvgIpc) is 2.66. The van der Waals surface area contributed by atoms with E-state index >= 15 is 0 Å². The highest BCUT2D eigenvalue weighted by Gasteiger charge is 2.09. The molecule has 2 heterocycles. The fourth-order valence-electron chi connectivity index (χ4n) is 1.52. The first-order valence-electron chi connectivity index (χ1n) is 4.83. The number of aromatic nitrogens is 2. The summed E-state index contributed by atoms with van der Waals surface area (Å²) >= 11 is 1.77. The SMILES string of the molecule is Cc1ccsc1C(C)Nc1cncnc1. The van der Waals surface area contributed by atoms with E-state index in [-0.39, 0.29) is 0 Å². The van der Waals surface area contributed by atoms with Gasteiger partial charge in [0.1, 0.15) is 6.33 Å². The normalized spacial score (nSPS) is 12.4. The van der Waals surface area contributed by atoms with Crippen molar-refractivity contribution >= 4 is 17.0 Å². The predicted molar refractivity (Wildman–Crippen MR) is 63.1 cm³/mol. The molecule has 0 amide bonds. The van der Waals surface area contributed by atoms with Crippen molar-refractivity contribution in [3.63, 3.8) is 0 Å². The van der Waals surface area contributed by atoms with Crippen molar-refractivity contribution in [3.8, 4) is 0 Å². The lowest BCUT2D eigenvalue weighted by Gasteiger charge is -2.13. The Kier molecular flexibility index (Phi) is 2.97. The lowest BCUT2D eigenvalue weighted by atomic mass is 10.2. The summed E-state index contributed by atoms with van der Waals surface area (Å²) in [6.45, 7) is 4.28. The minimum absolute atomic E-state index is 0.302. The van der Waals surface area contributed by atoms with Gasteiger partial charge in [-0.15, -0.1) is 11.3 Å². The van der Waals surface area contributed by atoms with Gasteiger partial charge in [0, 0.05) is 4.88 Å². The molecule has 0 aromatic carbocycles. The third kappa shape index (κ3) is 2.33. The van der Waals surface area contributed by atoms with E-state index in [2.05, 4.69) is 40.6 Å². The van der Waals surface area contributed by atoms with Crippen molar-refractivity contribution < 1.29 is 0 Å². The van der Waals surface area contributed by atoms with Crippen molar-refractivity contribution in [1.29, 1.82) is 0 Å². The van der Waals surface area contributed by atoms with Gasteiger partial charge >= 0.3 is 0 Å². The molecule has 1 N–H and O–H groups in total. The van der Waals surface area contributed by atoms with Crippen LogP contribution in [-0.4, -0.2) is 9.97 Å². The third-order valence-corrected chi connectivity index (χ3v) is 3.44. The number of anilines is 1. The van der Waals surface area contributed by atoms with E-state index in [1.807, 2.05) is 0 Å². The molecule has 0 radical (unpaired) electrons. The van der Waals surface area contributed by atoms with Gasteiger partial charge < -0.3 is 5.32 Å². The van der Waals surface area contributed by atoms with Crippen LogP contribution in [0.5, 0.6) is 0 Å². The summed E-state index contributed by atoms with van der Waals surface area (Å²) in [4.78, 5) is 9.30. The topological polar surface area (TPSA) is 37.8 Å². The summed E-state index contributed by atoms with van der Waals surface area (Å²) in [6.07, 6.45) is 5.10. The number of nitrogens with one attached hydrogen (secondary N) is 1. The van der Waals surface area contributed by atoms with Gasteiger partial charge in [-0.05, 0) is 30.9 Å². The number of hydrogen-bond acceptors (Lipinski definition) is 4. The third-order valence-electron chi connectivity index (χ3n) is 2.24. The number of thiophene rings is 1. The molecule has 78 valence electrons. The standard InChI is InChI=1S/C11H13N3S/c1-8-3-4-15-11(8)9(2)14-10-5-12-7-13-6-10/h3-7,9,14H,1-2H3. The first kappa shape index (κ1) is 10.1. The molecule has 3 nitrogen and oxygen atoms in total. The van der Waals surface area contributed by atoms with Gasteiger partial charge in [-0.25, -0.2) is 9.97 Å². The molecule has 4 heteroatoms. The summed E-state index contributed by atoms with van der Waals surface area (Å²) in [5.41, 5.74) is 2.29. The molecule has 0 fully saturated rings. The molecule has 0 bridgehead atoms. The van der Waals surface area contributed by atoms with Gasteiger partial charge in [0.15, 0.2) is 0 Å². The molecular weight excluding hydrogens is 206 g/mol. The fourth-order valence-corrected chi connectivity index (χ4v) is 2.45. The van der Waals surface area contributed by atoms with Crippen molar-refractivity contribution in [2.24, 2.45) is 0 Å². The Labute approximate surface area is 93.2 Å². The summed E-state index contributed by atoms with van der Waals surface area (Å²) in [6, 6.07) is 2.44. The highest BCUT2D eigenvalue weighted by molar-refractivity contribution is 7.10. The van der Waals surface area contributed by atoms with Crippen LogP contribution in [0.1, 0.15) is 23.4 Å². The molecule has 1 unspecified atom stereocenters. The van der Waals surface area contributed by atoms with Crippen LogP contribution in [0, 0.1) is 6.92 Å². The molecule has 0 aliphatic carbocycles. The Morgan fingerprint density at radius 1 is 1.33 bits per heavy atom. The van der Waals surface area contributed by atoms with E-state index < -0.39 is 0 Å². The van der Waals surface area contributed by atoms with Gasteiger partial charge in [-0.2, -0.15) is 0 Å². The van der Waals surface area contributed by atoms with Gasteiger partial charge in [-0.3, -0.25) is 0 Å². The van der Waals surface area contributed by atoms with Gasteiger partial charge in [0.05, 0.1) is 24.1 Å². The van der Waals surface area contributed by atoms with E-state index in [9.17, 15) is 0 Å². The van der Waals surface area contributed by atoms with Crippen molar-refractivity contribution in [3.05, 3.63) is 40.6 Å². The van der Waals surface area contributed by atoms with Crippen LogP contribution in [0.25, 0.3) is 0 Å². The van der Waals surface area contributed by atoms with Crippen LogP contribution in [0.15, 0.2) is 30.2 Å². The largest absolute Gasteiger partial charge is 0.375 e. The van der Waals surface area contributed by atoms with Gasteiger partial charge in [0.25, 0.3) is 0 Å². The van der Waals surface area contributed by atoms with Crippen LogP contribution in [0.2, 0.25) is 0 Å². The van der Waals surface area contributed by atoms with Crippen LogP contribution >= 0.6 is 11.3 Å². The number of nitrogens with zero attached hydrogens (tertiary/aromatic N) is 2. The lowest BCUT2D eigenvalue weighted by Crippen LogP contribution is -2.06. The van der Waals surface area contributed by atoms with Gasteiger partial charge in [-0.1, -0.05) is 0 Å². The quantitative estimate of drug-likeness (QED) is 0.862. The molecule has 2 aromatic rings. The predicted octanol–water partition coefficient (Wildman–Crippen LogP) is 3.02. The van der Waals surface area contributed by atoms with E-state index in [1.165, 1.54) is 16.8 Å². The fraction of sp³-hybridized carbons (Fsp3) is 0.273. The smallest absolute Gasteiger partial charge is 0.115 e. The van der Waals surface area contributed by atoms with Crippen LogP contribution in [0.4, 0.5) is 5.69 Å².